The highest BCUT2D eigenvalue weighted by molar-refractivity contribution is 6.12. The predicted molar refractivity (Wildman–Crippen MR) is 231 cm³/mol. The van der Waals surface area contributed by atoms with Crippen LogP contribution in [0.3, 0.4) is 0 Å². The first-order chi connectivity index (χ1) is 27.5. The van der Waals surface area contributed by atoms with Gasteiger partial charge >= 0.3 is 0 Å². The summed E-state index contributed by atoms with van der Waals surface area (Å²) in [5.74, 6) is 1.78. The zero-order chi connectivity index (χ0) is 37.4. The lowest BCUT2D eigenvalue weighted by Gasteiger charge is -2.42. The number of anilines is 3. The van der Waals surface area contributed by atoms with E-state index in [0.717, 1.165) is 67.5 Å². The Morgan fingerprint density at radius 2 is 1.20 bits per heavy atom. The molecule has 0 bridgehead atoms. The number of rotatable bonds is 5. The van der Waals surface area contributed by atoms with Gasteiger partial charge in [-0.05, 0) is 82.4 Å². The average Bonchev–Trinajstić information content (AvgIpc) is 3.84. The maximum absolute atomic E-state index is 5.57. The lowest BCUT2D eigenvalue weighted by Crippen LogP contribution is -2.31. The summed E-state index contributed by atoms with van der Waals surface area (Å²) in [5.41, 5.74) is 15.4. The first-order valence-electron chi connectivity index (χ1n) is 19.2. The van der Waals surface area contributed by atoms with Crippen molar-refractivity contribution in [3.63, 3.8) is 0 Å². The highest BCUT2D eigenvalue weighted by atomic mass is 15.2. The number of imidazole rings is 1. The van der Waals surface area contributed by atoms with Gasteiger partial charge in [-0.25, -0.2) is 9.97 Å². The van der Waals surface area contributed by atoms with Crippen LogP contribution in [0.2, 0.25) is 0 Å². The fraction of sp³-hybridized carbons (Fsp3) is 0.0588. The zero-order valence-corrected chi connectivity index (χ0v) is 31.1. The monoisotopic (exact) mass is 719 g/mol. The topological polar surface area (TPSA) is 49.7 Å². The Labute approximate surface area is 325 Å². The molecule has 0 radical (unpaired) electrons. The highest BCUT2D eigenvalue weighted by Crippen LogP contribution is 2.53. The smallest absolute Gasteiger partial charge is 0.147 e. The SMILES string of the molecule is CC1(C)c2ccc(-c3ccccc3)cc2N(c2ccccn2)c2cc(-c3cccc4c3nc(-c3cccc5c3[nH]c3ccccc35)n4-c3ccccc3)ccc21. The molecule has 3 aromatic heterocycles. The number of aromatic amines is 1. The molecule has 1 N–H and O–H groups in total. The van der Waals surface area contributed by atoms with Gasteiger partial charge in [-0.1, -0.05) is 135 Å². The Bertz CT molecular complexity index is 3100. The van der Waals surface area contributed by atoms with E-state index in [1.54, 1.807) is 0 Å². The number of benzene rings is 7. The number of fused-ring (bicyclic) bond motifs is 6. The van der Waals surface area contributed by atoms with Crippen molar-refractivity contribution in [1.29, 1.82) is 0 Å². The first-order valence-corrected chi connectivity index (χ1v) is 19.2. The first kappa shape index (κ1) is 32.2. The van der Waals surface area contributed by atoms with Crippen molar-refractivity contribution in [2.75, 3.05) is 4.90 Å². The molecule has 1 aliphatic rings. The molecule has 0 saturated carbocycles. The predicted octanol–water partition coefficient (Wildman–Crippen LogP) is 13.2. The second kappa shape index (κ2) is 12.4. The third-order valence-electron chi connectivity index (χ3n) is 11.6. The van der Waals surface area contributed by atoms with Gasteiger partial charge in [0.25, 0.3) is 0 Å². The highest BCUT2D eigenvalue weighted by Gasteiger charge is 2.38. The Kier molecular flexibility index (Phi) is 7.13. The van der Waals surface area contributed by atoms with Crippen LogP contribution in [-0.4, -0.2) is 19.5 Å². The van der Waals surface area contributed by atoms with Gasteiger partial charge in [0, 0.05) is 44.7 Å². The molecule has 1 aliphatic heterocycles. The molecule has 266 valence electrons. The normalized spacial score (nSPS) is 13.3. The van der Waals surface area contributed by atoms with Gasteiger partial charge in [0.1, 0.15) is 11.6 Å². The lowest BCUT2D eigenvalue weighted by atomic mass is 9.72. The van der Waals surface area contributed by atoms with Crippen LogP contribution < -0.4 is 4.90 Å². The third kappa shape index (κ3) is 4.87. The maximum Gasteiger partial charge on any atom is 0.147 e. The van der Waals surface area contributed by atoms with E-state index in [-0.39, 0.29) is 5.41 Å². The molecule has 7 aromatic carbocycles. The van der Waals surface area contributed by atoms with Gasteiger partial charge < -0.3 is 4.98 Å². The molecule has 5 nitrogen and oxygen atoms in total. The minimum Gasteiger partial charge on any atom is -0.354 e. The lowest BCUT2D eigenvalue weighted by molar-refractivity contribution is 0.631. The van der Waals surface area contributed by atoms with Crippen LogP contribution in [0.4, 0.5) is 17.2 Å². The summed E-state index contributed by atoms with van der Waals surface area (Å²) in [5, 5.41) is 2.40. The molecular formula is C51H37N5. The van der Waals surface area contributed by atoms with E-state index in [4.69, 9.17) is 9.97 Å². The van der Waals surface area contributed by atoms with Gasteiger partial charge in [-0.15, -0.1) is 0 Å². The van der Waals surface area contributed by atoms with Crippen molar-refractivity contribution in [2.24, 2.45) is 0 Å². The number of hydrogen-bond donors (Lipinski definition) is 1. The molecule has 0 aliphatic carbocycles. The molecule has 0 fully saturated rings. The molecule has 0 amide bonds. The van der Waals surface area contributed by atoms with E-state index >= 15 is 0 Å². The fourth-order valence-corrected chi connectivity index (χ4v) is 8.89. The van der Waals surface area contributed by atoms with Crippen LogP contribution in [0, 0.1) is 0 Å². The number of aromatic nitrogens is 4. The quantitative estimate of drug-likeness (QED) is 0.193. The zero-order valence-electron chi connectivity index (χ0n) is 31.1. The summed E-state index contributed by atoms with van der Waals surface area (Å²) in [6, 6.07) is 62.8. The van der Waals surface area contributed by atoms with Gasteiger partial charge in [0.15, 0.2) is 0 Å². The minimum absolute atomic E-state index is 0.254. The summed E-state index contributed by atoms with van der Waals surface area (Å²) in [6.07, 6.45) is 1.88. The van der Waals surface area contributed by atoms with Crippen LogP contribution in [0.15, 0.2) is 182 Å². The Morgan fingerprint density at radius 1 is 0.536 bits per heavy atom. The summed E-state index contributed by atoms with van der Waals surface area (Å²) in [6.45, 7) is 4.67. The van der Waals surface area contributed by atoms with Crippen molar-refractivity contribution in [1.82, 2.24) is 19.5 Å². The van der Waals surface area contributed by atoms with Gasteiger partial charge in [-0.2, -0.15) is 0 Å². The van der Waals surface area contributed by atoms with E-state index in [1.807, 2.05) is 12.3 Å². The molecule has 10 aromatic rings. The van der Waals surface area contributed by atoms with Crippen LogP contribution in [0.25, 0.3) is 72.2 Å². The molecule has 11 rings (SSSR count). The number of nitrogens with one attached hydrogen (secondary N) is 1. The van der Waals surface area contributed by atoms with Gasteiger partial charge in [0.05, 0.1) is 27.9 Å². The third-order valence-corrected chi connectivity index (χ3v) is 11.6. The molecular weight excluding hydrogens is 683 g/mol. The summed E-state index contributed by atoms with van der Waals surface area (Å²) in [7, 11) is 0. The van der Waals surface area contributed by atoms with Crippen molar-refractivity contribution >= 4 is 50.0 Å². The van der Waals surface area contributed by atoms with Gasteiger partial charge in [-0.3, -0.25) is 9.47 Å². The Morgan fingerprint density at radius 3 is 1.98 bits per heavy atom. The van der Waals surface area contributed by atoms with Crippen LogP contribution in [0.1, 0.15) is 25.0 Å². The maximum atomic E-state index is 5.57. The second-order valence-electron chi connectivity index (χ2n) is 15.2. The number of H-pyrrole nitrogens is 1. The number of hydrogen-bond acceptors (Lipinski definition) is 3. The summed E-state index contributed by atoms with van der Waals surface area (Å²) in [4.78, 5) is 16.6. The fourth-order valence-electron chi connectivity index (χ4n) is 8.89. The largest absolute Gasteiger partial charge is 0.354 e. The van der Waals surface area contributed by atoms with Crippen molar-refractivity contribution < 1.29 is 0 Å². The number of pyridine rings is 1. The van der Waals surface area contributed by atoms with Crippen LogP contribution >= 0.6 is 0 Å². The molecule has 4 heterocycles. The second-order valence-corrected chi connectivity index (χ2v) is 15.2. The number of para-hydroxylation sites is 4. The average molecular weight is 720 g/mol. The standard InChI is InChI=1S/C51H37N5/c1-51(2)41-28-26-34(33-15-5-3-6-16-33)31-45(41)56(47-25-11-12-30-52-47)46-32-35(27-29-42(46)51)37-20-14-24-44-49(37)54-50(55(44)36-17-7-4-8-18-36)40-22-13-21-39-38-19-9-10-23-43(38)53-48(39)40/h3-32,53H,1-2H3. The van der Waals surface area contributed by atoms with Crippen LogP contribution in [-0.2, 0) is 5.41 Å². The minimum atomic E-state index is -0.254. The van der Waals surface area contributed by atoms with Crippen molar-refractivity contribution in [3.8, 4) is 39.3 Å². The molecule has 0 spiro atoms. The number of nitrogens with zero attached hydrogens (tertiary/aromatic N) is 4. The van der Waals surface area contributed by atoms with Crippen molar-refractivity contribution in [2.45, 2.75) is 19.3 Å². The van der Waals surface area contributed by atoms with E-state index in [9.17, 15) is 0 Å². The van der Waals surface area contributed by atoms with Crippen molar-refractivity contribution in [3.05, 3.63) is 193 Å². The van der Waals surface area contributed by atoms with E-state index in [2.05, 4.69) is 198 Å². The Hall–Kier alpha value is -7.24. The molecule has 56 heavy (non-hydrogen) atoms. The molecule has 0 saturated heterocycles. The van der Waals surface area contributed by atoms with E-state index in [0.29, 0.717) is 0 Å². The summed E-state index contributed by atoms with van der Waals surface area (Å²) >= 11 is 0. The molecule has 0 atom stereocenters. The Balaban J connectivity index is 1.14. The van der Waals surface area contributed by atoms with E-state index < -0.39 is 0 Å². The van der Waals surface area contributed by atoms with Crippen LogP contribution in [0.5, 0.6) is 0 Å². The summed E-state index contributed by atoms with van der Waals surface area (Å²) < 4.78 is 2.31. The van der Waals surface area contributed by atoms with Gasteiger partial charge in [0.2, 0.25) is 0 Å². The molecule has 5 heteroatoms. The molecule has 0 unspecified atom stereocenters. The van der Waals surface area contributed by atoms with E-state index in [1.165, 1.54) is 33.0 Å².